The van der Waals surface area contributed by atoms with Gasteiger partial charge in [0.25, 0.3) is 0 Å². The van der Waals surface area contributed by atoms with E-state index >= 15 is 0 Å². The van der Waals surface area contributed by atoms with Crippen LogP contribution in [0.25, 0.3) is 0 Å². The predicted molar refractivity (Wildman–Crippen MR) is 94.0 cm³/mol. The molecule has 0 bridgehead atoms. The lowest BCUT2D eigenvalue weighted by molar-refractivity contribution is 0.397. The van der Waals surface area contributed by atoms with Crippen molar-refractivity contribution in [1.29, 1.82) is 0 Å². The first kappa shape index (κ1) is 18.7. The summed E-state index contributed by atoms with van der Waals surface area (Å²) in [4.78, 5) is 4.12. The molecule has 2 heterocycles. The lowest BCUT2D eigenvalue weighted by Crippen LogP contribution is -2.32. The molecule has 1 saturated heterocycles. The van der Waals surface area contributed by atoms with Crippen LogP contribution in [0, 0.1) is 0 Å². The van der Waals surface area contributed by atoms with Gasteiger partial charge in [0.1, 0.15) is 4.90 Å². The van der Waals surface area contributed by atoms with E-state index in [4.69, 9.17) is 10.5 Å². The van der Waals surface area contributed by atoms with Crippen molar-refractivity contribution >= 4 is 22.4 Å². The van der Waals surface area contributed by atoms with Crippen LogP contribution in [-0.4, -0.2) is 43.9 Å². The number of nitrogens with zero attached hydrogens (tertiary/aromatic N) is 2. The van der Waals surface area contributed by atoms with Crippen LogP contribution in [0.15, 0.2) is 53.6 Å². The zero-order chi connectivity index (χ0) is 16.4. The number of ether oxygens (including phenoxy) is 1. The van der Waals surface area contributed by atoms with E-state index in [1.165, 1.54) is 29.7 Å². The number of hydrogen-bond donors (Lipinski definition) is 1. The standard InChI is InChI=1S/C16H19N3O3S.ClH/c1-22-16-8-7-13(9-18-16)23(20,21)19-10-14(15(17)11-19)12-5-3-2-4-6-12;/h2-9,14-15H,10-11,17H2,1H3;1H/t14-,15+;/m0./s1. The van der Waals surface area contributed by atoms with Crippen LogP contribution in [0.1, 0.15) is 11.5 Å². The first-order chi connectivity index (χ1) is 11.0. The first-order valence-corrected chi connectivity index (χ1v) is 8.77. The average molecular weight is 370 g/mol. The van der Waals surface area contributed by atoms with E-state index < -0.39 is 10.0 Å². The van der Waals surface area contributed by atoms with Gasteiger partial charge < -0.3 is 10.5 Å². The number of aromatic nitrogens is 1. The molecule has 1 aliphatic heterocycles. The molecule has 0 saturated carbocycles. The minimum atomic E-state index is -3.60. The third-order valence-electron chi connectivity index (χ3n) is 4.12. The average Bonchev–Trinajstić information content (AvgIpc) is 2.98. The second-order valence-corrected chi connectivity index (χ2v) is 7.48. The van der Waals surface area contributed by atoms with Crippen LogP contribution >= 0.6 is 12.4 Å². The van der Waals surface area contributed by atoms with E-state index in [-0.39, 0.29) is 29.3 Å². The van der Waals surface area contributed by atoms with Gasteiger partial charge in [0.05, 0.1) is 13.3 Å². The van der Waals surface area contributed by atoms with Gasteiger partial charge in [0.15, 0.2) is 0 Å². The van der Waals surface area contributed by atoms with Crippen molar-refractivity contribution in [2.75, 3.05) is 20.2 Å². The van der Waals surface area contributed by atoms with Gasteiger partial charge in [-0.1, -0.05) is 30.3 Å². The van der Waals surface area contributed by atoms with Gasteiger partial charge in [0.2, 0.25) is 15.9 Å². The third-order valence-corrected chi connectivity index (χ3v) is 5.93. The van der Waals surface area contributed by atoms with Crippen LogP contribution in [0.2, 0.25) is 0 Å². The van der Waals surface area contributed by atoms with E-state index in [0.717, 1.165) is 5.56 Å². The highest BCUT2D eigenvalue weighted by Gasteiger charge is 2.38. The summed E-state index contributed by atoms with van der Waals surface area (Å²) in [7, 11) is -2.12. The third kappa shape index (κ3) is 3.54. The number of hydrogen-bond acceptors (Lipinski definition) is 5. The minimum absolute atomic E-state index is 0. The molecule has 2 N–H and O–H groups in total. The molecule has 3 rings (SSSR count). The fourth-order valence-corrected chi connectivity index (χ4v) is 4.28. The van der Waals surface area contributed by atoms with Crippen LogP contribution in [0.3, 0.4) is 0 Å². The highest BCUT2D eigenvalue weighted by atomic mass is 35.5. The molecule has 1 fully saturated rings. The second kappa shape index (κ2) is 7.48. The molecule has 0 aliphatic carbocycles. The summed E-state index contributed by atoms with van der Waals surface area (Å²) in [6, 6.07) is 12.6. The molecule has 1 aromatic heterocycles. The summed E-state index contributed by atoms with van der Waals surface area (Å²) < 4.78 is 31.9. The first-order valence-electron chi connectivity index (χ1n) is 7.33. The topological polar surface area (TPSA) is 85.5 Å². The van der Waals surface area contributed by atoms with Gasteiger partial charge in [-0.2, -0.15) is 4.31 Å². The lowest BCUT2D eigenvalue weighted by atomic mass is 9.95. The summed E-state index contributed by atoms with van der Waals surface area (Å²) in [5.74, 6) is 0.376. The Balaban J connectivity index is 0.00000208. The lowest BCUT2D eigenvalue weighted by Gasteiger charge is -2.16. The number of methoxy groups -OCH3 is 1. The summed E-state index contributed by atoms with van der Waals surface area (Å²) in [6.45, 7) is 0.674. The number of benzene rings is 1. The number of rotatable bonds is 4. The maximum Gasteiger partial charge on any atom is 0.244 e. The monoisotopic (exact) mass is 369 g/mol. The van der Waals surface area contributed by atoms with Crippen molar-refractivity contribution in [1.82, 2.24) is 9.29 Å². The highest BCUT2D eigenvalue weighted by molar-refractivity contribution is 7.89. The van der Waals surface area contributed by atoms with Gasteiger partial charge in [-0.15, -0.1) is 12.4 Å². The van der Waals surface area contributed by atoms with Gasteiger partial charge in [-0.3, -0.25) is 0 Å². The van der Waals surface area contributed by atoms with Crippen molar-refractivity contribution in [3.8, 4) is 5.88 Å². The number of sulfonamides is 1. The van der Waals surface area contributed by atoms with Crippen molar-refractivity contribution in [2.24, 2.45) is 5.73 Å². The highest BCUT2D eigenvalue weighted by Crippen LogP contribution is 2.30. The van der Waals surface area contributed by atoms with E-state index in [9.17, 15) is 8.42 Å². The molecule has 1 aliphatic rings. The molecule has 130 valence electrons. The van der Waals surface area contributed by atoms with Crippen molar-refractivity contribution in [3.05, 3.63) is 54.2 Å². The van der Waals surface area contributed by atoms with Crippen molar-refractivity contribution in [2.45, 2.75) is 16.9 Å². The van der Waals surface area contributed by atoms with E-state index in [0.29, 0.717) is 19.0 Å². The summed E-state index contributed by atoms with van der Waals surface area (Å²) in [5.41, 5.74) is 7.24. The molecule has 0 radical (unpaired) electrons. The Kier molecular flexibility index (Phi) is 5.82. The summed E-state index contributed by atoms with van der Waals surface area (Å²) in [5, 5.41) is 0. The SMILES string of the molecule is COc1ccc(S(=O)(=O)N2C[C@@H](N)[C@H](c3ccccc3)C2)cn1.Cl. The molecular formula is C16H20ClN3O3S. The molecule has 0 unspecified atom stereocenters. The Morgan fingerprint density at radius 3 is 2.46 bits per heavy atom. The Labute approximate surface area is 148 Å². The molecule has 0 spiro atoms. The zero-order valence-corrected chi connectivity index (χ0v) is 14.8. The largest absolute Gasteiger partial charge is 0.481 e. The Hall–Kier alpha value is -1.67. The number of halogens is 1. The molecular weight excluding hydrogens is 350 g/mol. The molecule has 2 aromatic rings. The minimum Gasteiger partial charge on any atom is -0.481 e. The summed E-state index contributed by atoms with van der Waals surface area (Å²) >= 11 is 0. The molecule has 2 atom stereocenters. The number of nitrogens with two attached hydrogens (primary N) is 1. The fourth-order valence-electron chi connectivity index (χ4n) is 2.83. The van der Waals surface area contributed by atoms with Crippen LogP contribution in [0.5, 0.6) is 5.88 Å². The Morgan fingerprint density at radius 2 is 1.88 bits per heavy atom. The zero-order valence-electron chi connectivity index (χ0n) is 13.2. The van der Waals surface area contributed by atoms with E-state index in [2.05, 4.69) is 4.98 Å². The van der Waals surface area contributed by atoms with Gasteiger partial charge in [-0.05, 0) is 11.6 Å². The van der Waals surface area contributed by atoms with Crippen molar-refractivity contribution in [3.63, 3.8) is 0 Å². The molecule has 1 aromatic carbocycles. The van der Waals surface area contributed by atoms with Crippen molar-refractivity contribution < 1.29 is 13.2 Å². The fraction of sp³-hybridized carbons (Fsp3) is 0.312. The van der Waals surface area contributed by atoms with Crippen LogP contribution in [-0.2, 0) is 10.0 Å². The quantitative estimate of drug-likeness (QED) is 0.885. The normalized spacial score (nSPS) is 21.2. The van der Waals surface area contributed by atoms with E-state index in [1.54, 1.807) is 0 Å². The van der Waals surface area contributed by atoms with Crippen LogP contribution < -0.4 is 10.5 Å². The molecule has 8 heteroatoms. The predicted octanol–water partition coefficient (Wildman–Crippen LogP) is 1.63. The molecule has 24 heavy (non-hydrogen) atoms. The Bertz CT molecular complexity index is 769. The number of pyridine rings is 1. The summed E-state index contributed by atoms with van der Waals surface area (Å²) in [6.07, 6.45) is 1.32. The Morgan fingerprint density at radius 1 is 1.17 bits per heavy atom. The second-order valence-electron chi connectivity index (χ2n) is 5.54. The maximum atomic E-state index is 12.7. The smallest absolute Gasteiger partial charge is 0.244 e. The molecule has 6 nitrogen and oxygen atoms in total. The van der Waals surface area contributed by atoms with Crippen LogP contribution in [0.4, 0.5) is 0 Å². The van der Waals surface area contributed by atoms with E-state index in [1.807, 2.05) is 30.3 Å². The maximum absolute atomic E-state index is 12.7. The molecule has 0 amide bonds. The van der Waals surface area contributed by atoms with Gasteiger partial charge in [-0.25, -0.2) is 13.4 Å². The van der Waals surface area contributed by atoms with Gasteiger partial charge >= 0.3 is 0 Å². The van der Waals surface area contributed by atoms with Gasteiger partial charge in [0, 0.05) is 31.1 Å².